The molecule has 0 bridgehead atoms. The van der Waals surface area contributed by atoms with Crippen LogP contribution in [-0.2, 0) is 22.7 Å². The topological polar surface area (TPSA) is 107 Å². The van der Waals surface area contributed by atoms with Crippen LogP contribution in [0.4, 0.5) is 4.79 Å². The van der Waals surface area contributed by atoms with Crippen molar-refractivity contribution in [2.75, 3.05) is 13.2 Å². The van der Waals surface area contributed by atoms with Crippen LogP contribution in [0.3, 0.4) is 0 Å². The van der Waals surface area contributed by atoms with Gasteiger partial charge in [0.15, 0.2) is 0 Å². The first-order chi connectivity index (χ1) is 15.0. The maximum atomic E-state index is 12.8. The minimum Gasteiger partial charge on any atom is -0.309 e. The second-order valence-electron chi connectivity index (χ2n) is 7.21. The highest BCUT2D eigenvalue weighted by Crippen LogP contribution is 2.17. The summed E-state index contributed by atoms with van der Waals surface area (Å²) < 4.78 is 0. The van der Waals surface area contributed by atoms with Crippen molar-refractivity contribution in [2.24, 2.45) is 0 Å². The molecule has 158 valence electrons. The summed E-state index contributed by atoms with van der Waals surface area (Å²) in [6.07, 6.45) is 0. The number of fused-ring (bicyclic) bond motifs is 1. The van der Waals surface area contributed by atoms with E-state index in [2.05, 4.69) is 9.97 Å². The van der Waals surface area contributed by atoms with Crippen LogP contribution in [-0.4, -0.2) is 55.7 Å². The largest absolute Gasteiger partial charge is 0.335 e. The van der Waals surface area contributed by atoms with E-state index < -0.39 is 17.8 Å². The molecule has 0 atom stereocenters. The second-order valence-corrected chi connectivity index (χ2v) is 7.21. The molecule has 9 nitrogen and oxygen atoms in total. The highest BCUT2D eigenvalue weighted by molar-refractivity contribution is 6.44. The van der Waals surface area contributed by atoms with E-state index in [4.69, 9.17) is 0 Å². The Labute approximate surface area is 177 Å². The summed E-state index contributed by atoms with van der Waals surface area (Å²) in [5.74, 6) is -1.29. The third-order valence-electron chi connectivity index (χ3n) is 5.14. The lowest BCUT2D eigenvalue weighted by Crippen LogP contribution is -2.42. The number of rotatable bonds is 7. The summed E-state index contributed by atoms with van der Waals surface area (Å²) in [5, 5.41) is 0.487. The molecule has 3 aromatic rings. The zero-order chi connectivity index (χ0) is 22.0. The van der Waals surface area contributed by atoms with Gasteiger partial charge in [0.05, 0.1) is 30.7 Å². The third kappa shape index (κ3) is 4.08. The number of nitrogens with zero attached hydrogens (tertiary/aromatic N) is 4. The number of nitrogens with one attached hydrogen (secondary N) is 1. The van der Waals surface area contributed by atoms with Gasteiger partial charge in [0.2, 0.25) is 0 Å². The van der Waals surface area contributed by atoms with Crippen LogP contribution >= 0.6 is 0 Å². The van der Waals surface area contributed by atoms with Gasteiger partial charge in [-0.15, -0.1) is 0 Å². The zero-order valence-electron chi connectivity index (χ0n) is 16.9. The zero-order valence-corrected chi connectivity index (χ0v) is 16.9. The molecule has 1 N–H and O–H groups in total. The Morgan fingerprint density at radius 1 is 0.903 bits per heavy atom. The van der Waals surface area contributed by atoms with E-state index in [1.807, 2.05) is 13.0 Å². The number of carbonyl (C=O) groups is 3. The molecule has 1 saturated heterocycles. The van der Waals surface area contributed by atoms with Gasteiger partial charge >= 0.3 is 17.8 Å². The average molecular weight is 419 g/mol. The van der Waals surface area contributed by atoms with Gasteiger partial charge in [0.25, 0.3) is 5.56 Å². The maximum absolute atomic E-state index is 12.8. The van der Waals surface area contributed by atoms with Crippen molar-refractivity contribution in [3.63, 3.8) is 0 Å². The van der Waals surface area contributed by atoms with Crippen LogP contribution in [0.15, 0.2) is 59.4 Å². The van der Waals surface area contributed by atoms with Crippen LogP contribution in [0.2, 0.25) is 0 Å². The Balaban J connectivity index is 1.50. The highest BCUT2D eigenvalue weighted by Gasteiger charge is 2.44. The van der Waals surface area contributed by atoms with Crippen LogP contribution in [0.25, 0.3) is 10.9 Å². The van der Waals surface area contributed by atoms with E-state index in [0.717, 1.165) is 15.4 Å². The van der Waals surface area contributed by atoms with Gasteiger partial charge in [-0.25, -0.2) is 14.7 Å². The Kier molecular flexibility index (Phi) is 5.59. The van der Waals surface area contributed by atoms with E-state index in [9.17, 15) is 19.2 Å². The van der Waals surface area contributed by atoms with Gasteiger partial charge in [-0.05, 0) is 24.2 Å². The number of benzene rings is 2. The monoisotopic (exact) mass is 419 g/mol. The molecule has 9 heteroatoms. The molecule has 4 amide bonds. The molecule has 1 aliphatic rings. The summed E-state index contributed by atoms with van der Waals surface area (Å²) in [5.41, 5.74) is 1.06. The maximum Gasteiger partial charge on any atom is 0.335 e. The first-order valence-electron chi connectivity index (χ1n) is 9.89. The molecule has 0 radical (unpaired) electrons. The van der Waals surface area contributed by atoms with Crippen molar-refractivity contribution in [3.8, 4) is 0 Å². The molecule has 1 aromatic heterocycles. The number of hydrogen-bond donors (Lipinski definition) is 1. The average Bonchev–Trinajstić information content (AvgIpc) is 2.97. The molecule has 4 rings (SSSR count). The van der Waals surface area contributed by atoms with Crippen LogP contribution in [0.1, 0.15) is 18.3 Å². The summed E-state index contributed by atoms with van der Waals surface area (Å²) in [6.45, 7) is 2.49. The molecule has 31 heavy (non-hydrogen) atoms. The second kappa shape index (κ2) is 8.49. The number of aromatic amines is 1. The van der Waals surface area contributed by atoms with Crippen LogP contribution in [0.5, 0.6) is 0 Å². The van der Waals surface area contributed by atoms with Gasteiger partial charge in [0.1, 0.15) is 5.82 Å². The van der Waals surface area contributed by atoms with Crippen LogP contribution < -0.4 is 5.56 Å². The quantitative estimate of drug-likeness (QED) is 0.461. The molecule has 0 saturated carbocycles. The first kappa shape index (κ1) is 20.4. The summed E-state index contributed by atoms with van der Waals surface area (Å²) in [6, 6.07) is 15.4. The normalized spacial score (nSPS) is 14.3. The number of amides is 4. The minimum atomic E-state index is -0.862. The van der Waals surface area contributed by atoms with Crippen molar-refractivity contribution in [1.29, 1.82) is 0 Å². The smallest absolute Gasteiger partial charge is 0.309 e. The van der Waals surface area contributed by atoms with E-state index >= 15 is 0 Å². The van der Waals surface area contributed by atoms with Crippen LogP contribution in [0, 0.1) is 0 Å². The minimum absolute atomic E-state index is 0.0341. The van der Waals surface area contributed by atoms with Gasteiger partial charge in [-0.1, -0.05) is 49.4 Å². The molecule has 0 unspecified atom stereocenters. The van der Waals surface area contributed by atoms with Gasteiger partial charge in [-0.3, -0.25) is 24.2 Å². The Bertz CT molecular complexity index is 1210. The first-order valence-corrected chi connectivity index (χ1v) is 9.89. The Hall–Kier alpha value is -3.85. The van der Waals surface area contributed by atoms with Crippen molar-refractivity contribution in [1.82, 2.24) is 24.7 Å². The van der Waals surface area contributed by atoms with Crippen molar-refractivity contribution in [3.05, 3.63) is 76.3 Å². The Morgan fingerprint density at radius 3 is 2.32 bits per heavy atom. The number of H-pyrrole nitrogens is 1. The van der Waals surface area contributed by atoms with E-state index in [0.29, 0.717) is 23.3 Å². The standard InChI is InChI=1S/C22H21N5O4/c1-2-25(13-18-23-17-11-7-6-10-16(17)19(28)24-18)14-27-21(30)20(29)26(22(27)31)12-15-8-4-3-5-9-15/h3-11H,2,12-14H2,1H3,(H,23,24,28). The number of hydrogen-bond acceptors (Lipinski definition) is 6. The van der Waals surface area contributed by atoms with Crippen molar-refractivity contribution < 1.29 is 14.4 Å². The number of carbonyl (C=O) groups excluding carboxylic acids is 3. The SMILES string of the molecule is CCN(Cc1nc2ccccc2c(=O)[nH]1)CN1C(=O)C(=O)N(Cc2ccccc2)C1=O. The third-order valence-corrected chi connectivity index (χ3v) is 5.14. The molecular formula is C22H21N5O4. The summed E-state index contributed by atoms with van der Waals surface area (Å²) >= 11 is 0. The van der Waals surface area contributed by atoms with Gasteiger partial charge in [-0.2, -0.15) is 0 Å². The van der Waals surface area contributed by atoms with E-state index in [1.54, 1.807) is 53.4 Å². The fraction of sp³-hybridized carbons (Fsp3) is 0.227. The highest BCUT2D eigenvalue weighted by atomic mass is 16.2. The number of imide groups is 2. The molecule has 1 fully saturated rings. The van der Waals surface area contributed by atoms with E-state index in [1.165, 1.54) is 0 Å². The predicted molar refractivity (Wildman–Crippen MR) is 113 cm³/mol. The molecule has 0 spiro atoms. The molecule has 2 heterocycles. The van der Waals surface area contributed by atoms with Gasteiger partial charge < -0.3 is 4.98 Å². The summed E-state index contributed by atoms with van der Waals surface area (Å²) in [7, 11) is 0. The number of para-hydroxylation sites is 1. The molecule has 0 aliphatic carbocycles. The van der Waals surface area contributed by atoms with Crippen molar-refractivity contribution in [2.45, 2.75) is 20.0 Å². The molecule has 2 aromatic carbocycles. The lowest BCUT2D eigenvalue weighted by atomic mass is 10.2. The fourth-order valence-electron chi connectivity index (χ4n) is 3.46. The Morgan fingerprint density at radius 2 is 1.58 bits per heavy atom. The fourth-order valence-corrected chi connectivity index (χ4v) is 3.46. The summed E-state index contributed by atoms with van der Waals surface area (Å²) in [4.78, 5) is 60.7. The lowest BCUT2D eigenvalue weighted by Gasteiger charge is -2.24. The lowest BCUT2D eigenvalue weighted by molar-refractivity contribution is -0.144. The molecular weight excluding hydrogens is 398 g/mol. The van der Waals surface area contributed by atoms with Gasteiger partial charge in [0, 0.05) is 0 Å². The van der Waals surface area contributed by atoms with E-state index in [-0.39, 0.29) is 25.3 Å². The predicted octanol–water partition coefficient (Wildman–Crippen LogP) is 1.69. The number of urea groups is 1. The molecule has 1 aliphatic heterocycles. The van der Waals surface area contributed by atoms with Crippen molar-refractivity contribution >= 4 is 28.7 Å². The number of aromatic nitrogens is 2.